The Balaban J connectivity index is 2.19. The van der Waals surface area contributed by atoms with Crippen LogP contribution in [0.2, 0.25) is 0 Å². The van der Waals surface area contributed by atoms with Gasteiger partial charge in [-0.1, -0.05) is 0 Å². The van der Waals surface area contributed by atoms with E-state index in [0.29, 0.717) is 18.4 Å². The highest BCUT2D eigenvalue weighted by atomic mass is 19.1. The van der Waals surface area contributed by atoms with Gasteiger partial charge in [-0.2, -0.15) is 0 Å². The Kier molecular flexibility index (Phi) is 1.81. The van der Waals surface area contributed by atoms with Gasteiger partial charge in [0.2, 0.25) is 0 Å². The van der Waals surface area contributed by atoms with Gasteiger partial charge in [0.05, 0.1) is 6.20 Å². The monoisotopic (exact) mass is 166 g/mol. The third-order valence-electron chi connectivity index (χ3n) is 2.43. The van der Waals surface area contributed by atoms with Gasteiger partial charge in [0, 0.05) is 6.20 Å². The van der Waals surface area contributed by atoms with Crippen molar-refractivity contribution in [2.45, 2.75) is 12.3 Å². The second-order valence-corrected chi connectivity index (χ2v) is 3.24. The summed E-state index contributed by atoms with van der Waals surface area (Å²) in [6.07, 6.45) is 3.92. The zero-order chi connectivity index (χ0) is 8.55. The van der Waals surface area contributed by atoms with E-state index >= 15 is 0 Å². The Bertz CT molecular complexity index is 288. The molecule has 0 saturated heterocycles. The van der Waals surface area contributed by atoms with Crippen LogP contribution in [0.15, 0.2) is 18.5 Å². The van der Waals surface area contributed by atoms with E-state index in [1.165, 1.54) is 6.20 Å². The number of hydrogen-bond donors (Lipinski definition) is 1. The number of nitrogens with zero attached hydrogens (tertiary/aromatic N) is 1. The van der Waals surface area contributed by atoms with Crippen molar-refractivity contribution in [1.29, 1.82) is 0 Å². The lowest BCUT2D eigenvalue weighted by Crippen LogP contribution is -2.02. The molecule has 1 saturated carbocycles. The third-order valence-corrected chi connectivity index (χ3v) is 2.43. The fourth-order valence-corrected chi connectivity index (χ4v) is 1.58. The second kappa shape index (κ2) is 2.83. The summed E-state index contributed by atoms with van der Waals surface area (Å²) in [6, 6.07) is 1.75. The number of hydrogen-bond acceptors (Lipinski definition) is 2. The van der Waals surface area contributed by atoms with Crippen LogP contribution in [0.25, 0.3) is 0 Å². The van der Waals surface area contributed by atoms with Gasteiger partial charge in [-0.05, 0) is 36.4 Å². The van der Waals surface area contributed by atoms with Crippen molar-refractivity contribution in [2.75, 3.05) is 6.54 Å². The van der Waals surface area contributed by atoms with Gasteiger partial charge < -0.3 is 5.73 Å². The Morgan fingerprint density at radius 2 is 2.50 bits per heavy atom. The molecule has 0 aliphatic heterocycles. The highest BCUT2D eigenvalue weighted by Gasteiger charge is 2.38. The molecular weight excluding hydrogens is 155 g/mol. The summed E-state index contributed by atoms with van der Waals surface area (Å²) in [5.41, 5.74) is 6.25. The van der Waals surface area contributed by atoms with Crippen molar-refractivity contribution in [2.24, 2.45) is 11.7 Å². The van der Waals surface area contributed by atoms with Crippen LogP contribution in [-0.4, -0.2) is 11.5 Å². The standard InChI is InChI=1S/C9H11FN2/c10-9-5-12-2-1-7(9)8-3-6(8)4-11/h1-2,5-6,8H,3-4,11H2. The van der Waals surface area contributed by atoms with Crippen molar-refractivity contribution in [1.82, 2.24) is 4.98 Å². The zero-order valence-corrected chi connectivity index (χ0v) is 6.70. The second-order valence-electron chi connectivity index (χ2n) is 3.24. The summed E-state index contributed by atoms with van der Waals surface area (Å²) in [6.45, 7) is 0.659. The summed E-state index contributed by atoms with van der Waals surface area (Å²) in [5, 5.41) is 0. The van der Waals surface area contributed by atoms with Crippen LogP contribution in [-0.2, 0) is 0 Å². The lowest BCUT2D eigenvalue weighted by molar-refractivity contribution is 0.599. The average Bonchev–Trinajstić information content (AvgIpc) is 2.84. The normalized spacial score (nSPS) is 27.2. The topological polar surface area (TPSA) is 38.9 Å². The first kappa shape index (κ1) is 7.68. The van der Waals surface area contributed by atoms with Crippen molar-refractivity contribution >= 4 is 0 Å². The van der Waals surface area contributed by atoms with Gasteiger partial charge in [0.25, 0.3) is 0 Å². The molecule has 3 heteroatoms. The quantitative estimate of drug-likeness (QED) is 0.718. The van der Waals surface area contributed by atoms with Crippen LogP contribution in [0, 0.1) is 11.7 Å². The van der Waals surface area contributed by atoms with E-state index in [1.54, 1.807) is 12.3 Å². The van der Waals surface area contributed by atoms with Crippen molar-refractivity contribution in [3.8, 4) is 0 Å². The van der Waals surface area contributed by atoms with Crippen molar-refractivity contribution in [3.63, 3.8) is 0 Å². The molecule has 0 aromatic carbocycles. The number of rotatable bonds is 2. The first-order chi connectivity index (χ1) is 5.83. The van der Waals surface area contributed by atoms with E-state index in [-0.39, 0.29) is 5.82 Å². The van der Waals surface area contributed by atoms with E-state index in [2.05, 4.69) is 4.98 Å². The highest BCUT2D eigenvalue weighted by Crippen LogP contribution is 2.47. The number of aromatic nitrogens is 1. The molecule has 1 aromatic rings. The van der Waals surface area contributed by atoms with Gasteiger partial charge in [0.15, 0.2) is 0 Å². The molecule has 2 atom stereocenters. The maximum Gasteiger partial charge on any atom is 0.144 e. The fraction of sp³-hybridized carbons (Fsp3) is 0.444. The molecule has 1 aliphatic carbocycles. The largest absolute Gasteiger partial charge is 0.330 e. The van der Waals surface area contributed by atoms with Crippen LogP contribution in [0.4, 0.5) is 4.39 Å². The maximum absolute atomic E-state index is 13.1. The van der Waals surface area contributed by atoms with Gasteiger partial charge in [-0.25, -0.2) is 4.39 Å². The minimum atomic E-state index is -0.196. The molecule has 64 valence electrons. The molecule has 1 aliphatic rings. The predicted molar refractivity (Wildman–Crippen MR) is 44.1 cm³/mol. The smallest absolute Gasteiger partial charge is 0.144 e. The van der Waals surface area contributed by atoms with Crippen LogP contribution >= 0.6 is 0 Å². The van der Waals surface area contributed by atoms with E-state index < -0.39 is 0 Å². The summed E-state index contributed by atoms with van der Waals surface area (Å²) in [7, 11) is 0. The first-order valence-corrected chi connectivity index (χ1v) is 4.12. The van der Waals surface area contributed by atoms with Gasteiger partial charge in [-0.15, -0.1) is 0 Å². The zero-order valence-electron chi connectivity index (χ0n) is 6.70. The third kappa shape index (κ3) is 1.20. The van der Waals surface area contributed by atoms with Gasteiger partial charge in [0.1, 0.15) is 5.82 Å². The van der Waals surface area contributed by atoms with E-state index in [1.807, 2.05) is 0 Å². The first-order valence-electron chi connectivity index (χ1n) is 4.12. The molecule has 1 heterocycles. The number of halogens is 1. The van der Waals surface area contributed by atoms with Crippen molar-refractivity contribution < 1.29 is 4.39 Å². The SMILES string of the molecule is NCC1CC1c1ccncc1F. The molecule has 2 nitrogen and oxygen atoms in total. The molecule has 2 rings (SSSR count). The molecule has 0 amide bonds. The van der Waals surface area contributed by atoms with Crippen molar-refractivity contribution in [3.05, 3.63) is 29.8 Å². The summed E-state index contributed by atoms with van der Waals surface area (Å²) in [5.74, 6) is 0.637. The van der Waals surface area contributed by atoms with E-state index in [9.17, 15) is 4.39 Å². The van der Waals surface area contributed by atoms with Crippen LogP contribution in [0.5, 0.6) is 0 Å². The molecule has 0 spiro atoms. The Morgan fingerprint density at radius 3 is 3.08 bits per heavy atom. The van der Waals surface area contributed by atoms with Gasteiger partial charge >= 0.3 is 0 Å². The summed E-state index contributed by atoms with van der Waals surface area (Å²) < 4.78 is 13.1. The van der Waals surface area contributed by atoms with Crippen LogP contribution in [0.3, 0.4) is 0 Å². The van der Waals surface area contributed by atoms with Crippen LogP contribution in [0.1, 0.15) is 17.9 Å². The number of nitrogens with two attached hydrogens (primary N) is 1. The summed E-state index contributed by atoms with van der Waals surface area (Å²) >= 11 is 0. The molecule has 1 aromatic heterocycles. The maximum atomic E-state index is 13.1. The average molecular weight is 166 g/mol. The minimum Gasteiger partial charge on any atom is -0.330 e. The fourth-order valence-electron chi connectivity index (χ4n) is 1.58. The predicted octanol–water partition coefficient (Wildman–Crippen LogP) is 1.28. The molecule has 1 fully saturated rings. The highest BCUT2D eigenvalue weighted by molar-refractivity contribution is 5.24. The molecule has 2 N–H and O–H groups in total. The molecule has 2 unspecified atom stereocenters. The Labute approximate surface area is 70.6 Å². The lowest BCUT2D eigenvalue weighted by Gasteiger charge is -1.99. The number of pyridine rings is 1. The molecule has 12 heavy (non-hydrogen) atoms. The van der Waals surface area contributed by atoms with Crippen LogP contribution < -0.4 is 5.73 Å². The van der Waals surface area contributed by atoms with Gasteiger partial charge in [-0.3, -0.25) is 4.98 Å². The molecule has 0 bridgehead atoms. The Hall–Kier alpha value is -0.960. The molecule has 0 radical (unpaired) electrons. The molecular formula is C9H11FN2. The van der Waals surface area contributed by atoms with E-state index in [0.717, 1.165) is 12.0 Å². The minimum absolute atomic E-state index is 0.196. The lowest BCUT2D eigenvalue weighted by atomic mass is 10.1. The van der Waals surface area contributed by atoms with E-state index in [4.69, 9.17) is 5.73 Å². The summed E-state index contributed by atoms with van der Waals surface area (Å²) in [4.78, 5) is 3.70. The Morgan fingerprint density at radius 1 is 1.67 bits per heavy atom.